The van der Waals surface area contributed by atoms with E-state index in [0.717, 1.165) is 4.88 Å². The number of aromatic nitrogens is 1. The van der Waals surface area contributed by atoms with Gasteiger partial charge in [-0.2, -0.15) is 0 Å². The molecule has 0 fully saturated rings. The van der Waals surface area contributed by atoms with Crippen LogP contribution in [0.1, 0.15) is 15.2 Å². The van der Waals surface area contributed by atoms with Gasteiger partial charge in [-0.15, -0.1) is 11.3 Å². The van der Waals surface area contributed by atoms with E-state index in [1.165, 1.54) is 16.2 Å². The van der Waals surface area contributed by atoms with Crippen molar-refractivity contribution >= 4 is 46.1 Å². The van der Waals surface area contributed by atoms with E-state index >= 15 is 0 Å². The predicted octanol–water partition coefficient (Wildman–Crippen LogP) is 3.76. The molecule has 0 spiro atoms. The van der Waals surface area contributed by atoms with E-state index in [9.17, 15) is 4.79 Å². The topological polar surface area (TPSA) is 45.2 Å². The average molecular weight is 330 g/mol. The fourth-order valence-corrected chi connectivity index (χ4v) is 2.73. The Hall–Kier alpha value is -1.30. The zero-order valence-corrected chi connectivity index (χ0v) is 13.3. The molecule has 2 aromatic rings. The van der Waals surface area contributed by atoms with Crippen LogP contribution >= 0.6 is 34.5 Å². The molecule has 106 valence electrons. The van der Waals surface area contributed by atoms with Crippen LogP contribution in [-0.4, -0.2) is 29.9 Å². The van der Waals surface area contributed by atoms with Crippen LogP contribution in [0.4, 0.5) is 5.69 Å². The van der Waals surface area contributed by atoms with Crippen LogP contribution in [0.3, 0.4) is 0 Å². The van der Waals surface area contributed by atoms with E-state index in [2.05, 4.69) is 10.3 Å². The molecule has 20 heavy (non-hydrogen) atoms. The third kappa shape index (κ3) is 3.62. The summed E-state index contributed by atoms with van der Waals surface area (Å²) in [6.45, 7) is 0.540. The fourth-order valence-electron chi connectivity index (χ4n) is 1.64. The van der Waals surface area contributed by atoms with Gasteiger partial charge in [-0.1, -0.05) is 23.2 Å². The van der Waals surface area contributed by atoms with Gasteiger partial charge in [0.2, 0.25) is 0 Å². The van der Waals surface area contributed by atoms with Crippen molar-refractivity contribution in [1.82, 2.24) is 9.88 Å². The van der Waals surface area contributed by atoms with E-state index in [1.807, 2.05) is 0 Å². The van der Waals surface area contributed by atoms with Crippen LogP contribution in [0.15, 0.2) is 24.4 Å². The summed E-state index contributed by atoms with van der Waals surface area (Å²) in [6, 6.07) is 5.15. The summed E-state index contributed by atoms with van der Waals surface area (Å²) in [5.74, 6) is -0.0773. The Morgan fingerprint density at radius 3 is 2.75 bits per heavy atom. The standard InChI is InChI=1S/C13H13Cl2N3OS/c1-18(2)12(19)10-4-3-8(14)5-11(10)16-6-9-7-17-13(15)20-9/h3-5,7,16H,6H2,1-2H3. The van der Waals surface area contributed by atoms with Crippen molar-refractivity contribution in [2.45, 2.75) is 6.54 Å². The number of thiazole rings is 1. The molecule has 0 aliphatic heterocycles. The van der Waals surface area contributed by atoms with E-state index in [-0.39, 0.29) is 5.91 Å². The van der Waals surface area contributed by atoms with Crippen LogP contribution in [0, 0.1) is 0 Å². The summed E-state index contributed by atoms with van der Waals surface area (Å²) >= 11 is 13.2. The Morgan fingerprint density at radius 1 is 1.40 bits per heavy atom. The molecule has 0 atom stereocenters. The van der Waals surface area contributed by atoms with E-state index < -0.39 is 0 Å². The van der Waals surface area contributed by atoms with Gasteiger partial charge in [-0.05, 0) is 18.2 Å². The Morgan fingerprint density at radius 2 is 2.15 bits per heavy atom. The first-order valence-electron chi connectivity index (χ1n) is 5.82. The first-order chi connectivity index (χ1) is 9.47. The van der Waals surface area contributed by atoms with Crippen molar-refractivity contribution in [3.8, 4) is 0 Å². The van der Waals surface area contributed by atoms with Crippen molar-refractivity contribution in [2.24, 2.45) is 0 Å². The number of halogens is 2. The highest BCUT2D eigenvalue weighted by atomic mass is 35.5. The lowest BCUT2D eigenvalue weighted by Crippen LogP contribution is -2.22. The molecule has 0 radical (unpaired) electrons. The molecule has 4 nitrogen and oxygen atoms in total. The molecule has 1 amide bonds. The summed E-state index contributed by atoms with van der Waals surface area (Å²) in [7, 11) is 3.42. The molecule has 1 aromatic carbocycles. The van der Waals surface area contributed by atoms with Gasteiger partial charge in [0, 0.05) is 35.9 Å². The maximum Gasteiger partial charge on any atom is 0.255 e. The van der Waals surface area contributed by atoms with Gasteiger partial charge in [0.1, 0.15) is 0 Å². The Labute approximate surface area is 131 Å². The molecule has 2 rings (SSSR count). The summed E-state index contributed by atoms with van der Waals surface area (Å²) < 4.78 is 0.498. The highest BCUT2D eigenvalue weighted by Gasteiger charge is 2.14. The largest absolute Gasteiger partial charge is 0.379 e. The first-order valence-corrected chi connectivity index (χ1v) is 7.40. The molecule has 1 N–H and O–H groups in total. The SMILES string of the molecule is CN(C)C(=O)c1ccc(Cl)cc1NCc1cnc(Cl)s1. The summed E-state index contributed by atoms with van der Waals surface area (Å²) in [5.41, 5.74) is 1.27. The van der Waals surface area contributed by atoms with Crippen molar-refractivity contribution in [3.63, 3.8) is 0 Å². The van der Waals surface area contributed by atoms with Gasteiger partial charge >= 0.3 is 0 Å². The van der Waals surface area contributed by atoms with Gasteiger partial charge in [0.05, 0.1) is 12.1 Å². The molecule has 0 aliphatic carbocycles. The number of carbonyl (C=O) groups is 1. The number of nitrogens with zero attached hydrogens (tertiary/aromatic N) is 2. The quantitative estimate of drug-likeness (QED) is 0.928. The molecular weight excluding hydrogens is 317 g/mol. The van der Waals surface area contributed by atoms with Crippen LogP contribution in [-0.2, 0) is 6.54 Å². The van der Waals surface area contributed by atoms with Crippen LogP contribution in [0.5, 0.6) is 0 Å². The number of hydrogen-bond donors (Lipinski definition) is 1. The number of nitrogens with one attached hydrogen (secondary N) is 1. The number of carbonyl (C=O) groups excluding carboxylic acids is 1. The predicted molar refractivity (Wildman–Crippen MR) is 83.9 cm³/mol. The minimum atomic E-state index is -0.0773. The molecule has 0 bridgehead atoms. The lowest BCUT2D eigenvalue weighted by atomic mass is 10.1. The van der Waals surface area contributed by atoms with Crippen molar-refractivity contribution < 1.29 is 4.79 Å². The van der Waals surface area contributed by atoms with Gasteiger partial charge in [-0.25, -0.2) is 4.98 Å². The van der Waals surface area contributed by atoms with E-state index in [0.29, 0.717) is 27.3 Å². The zero-order valence-electron chi connectivity index (χ0n) is 11.0. The van der Waals surface area contributed by atoms with Crippen molar-refractivity contribution in [1.29, 1.82) is 0 Å². The summed E-state index contributed by atoms with van der Waals surface area (Å²) in [5, 5.41) is 3.77. The third-order valence-electron chi connectivity index (χ3n) is 2.60. The maximum absolute atomic E-state index is 12.1. The van der Waals surface area contributed by atoms with Gasteiger partial charge in [0.25, 0.3) is 5.91 Å². The van der Waals surface area contributed by atoms with Gasteiger partial charge < -0.3 is 10.2 Å². The minimum Gasteiger partial charge on any atom is -0.379 e. The summed E-state index contributed by atoms with van der Waals surface area (Å²) in [6.07, 6.45) is 1.71. The number of amides is 1. The van der Waals surface area contributed by atoms with Crippen LogP contribution in [0.2, 0.25) is 9.49 Å². The second kappa shape index (κ2) is 6.43. The van der Waals surface area contributed by atoms with E-state index in [1.54, 1.807) is 38.5 Å². The maximum atomic E-state index is 12.1. The normalized spacial score (nSPS) is 10.4. The molecular formula is C13H13Cl2N3OS. The van der Waals surface area contributed by atoms with Gasteiger partial charge in [0.15, 0.2) is 4.47 Å². The monoisotopic (exact) mass is 329 g/mol. The smallest absolute Gasteiger partial charge is 0.255 e. The molecule has 7 heteroatoms. The first kappa shape index (κ1) is 15.1. The summed E-state index contributed by atoms with van der Waals surface area (Å²) in [4.78, 5) is 18.6. The second-order valence-electron chi connectivity index (χ2n) is 4.32. The lowest BCUT2D eigenvalue weighted by molar-refractivity contribution is 0.0828. The van der Waals surface area contributed by atoms with Crippen LogP contribution in [0.25, 0.3) is 0 Å². The molecule has 0 saturated heterocycles. The second-order valence-corrected chi connectivity index (χ2v) is 6.46. The number of anilines is 1. The third-order valence-corrected chi connectivity index (χ3v) is 3.95. The highest BCUT2D eigenvalue weighted by Crippen LogP contribution is 2.24. The van der Waals surface area contributed by atoms with Crippen molar-refractivity contribution in [2.75, 3.05) is 19.4 Å². The average Bonchev–Trinajstić information content (AvgIpc) is 2.81. The Kier molecular flexibility index (Phi) is 4.86. The molecule has 0 saturated carbocycles. The molecule has 0 unspecified atom stereocenters. The molecule has 1 aromatic heterocycles. The van der Waals surface area contributed by atoms with E-state index in [4.69, 9.17) is 23.2 Å². The van der Waals surface area contributed by atoms with Crippen molar-refractivity contribution in [3.05, 3.63) is 44.3 Å². The zero-order chi connectivity index (χ0) is 14.7. The van der Waals surface area contributed by atoms with Crippen LogP contribution < -0.4 is 5.32 Å². The van der Waals surface area contributed by atoms with Gasteiger partial charge in [-0.3, -0.25) is 4.79 Å². The molecule has 0 aliphatic rings. The Bertz CT molecular complexity index is 628. The highest BCUT2D eigenvalue weighted by molar-refractivity contribution is 7.15. The molecule has 1 heterocycles. The minimum absolute atomic E-state index is 0.0773. The number of rotatable bonds is 4. The lowest BCUT2D eigenvalue weighted by Gasteiger charge is -2.15. The number of hydrogen-bond acceptors (Lipinski definition) is 4. The Balaban J connectivity index is 2.21. The number of benzene rings is 1. The fraction of sp³-hybridized carbons (Fsp3) is 0.231.